The predicted molar refractivity (Wildman–Crippen MR) is 50.5 cm³/mol. The molecule has 82 valence electrons. The van der Waals surface area contributed by atoms with Gasteiger partial charge in [-0.05, 0) is 6.07 Å². The van der Waals surface area contributed by atoms with Gasteiger partial charge < -0.3 is 0 Å². The highest BCUT2D eigenvalue weighted by Gasteiger charge is 2.07. The van der Waals surface area contributed by atoms with Crippen molar-refractivity contribution in [3.63, 3.8) is 0 Å². The van der Waals surface area contributed by atoms with Gasteiger partial charge in [-0.3, -0.25) is 19.3 Å². The first kappa shape index (κ1) is 11.5. The average Bonchev–Trinajstić information content (AvgIpc) is 2.14. The van der Waals surface area contributed by atoms with Gasteiger partial charge in [-0.15, -0.1) is 0 Å². The summed E-state index contributed by atoms with van der Waals surface area (Å²) in [6.07, 6.45) is 1.96. The van der Waals surface area contributed by atoms with E-state index in [9.17, 15) is 18.5 Å². The Morgan fingerprint density at radius 3 is 2.60 bits per heavy atom. The highest BCUT2D eigenvalue weighted by atomic mass is 32.2. The maximum Gasteiger partial charge on any atom is 0.287 e. The van der Waals surface area contributed by atoms with Crippen LogP contribution < -0.4 is 0 Å². The second-order valence-electron chi connectivity index (χ2n) is 2.73. The van der Waals surface area contributed by atoms with Crippen LogP contribution in [-0.4, -0.2) is 24.6 Å². The van der Waals surface area contributed by atoms with E-state index in [0.29, 0.717) is 5.69 Å². The molecule has 0 N–H and O–H groups in total. The van der Waals surface area contributed by atoms with Gasteiger partial charge in [0.1, 0.15) is 12.8 Å². The van der Waals surface area contributed by atoms with Gasteiger partial charge in [-0.1, -0.05) is 0 Å². The molecule has 0 aliphatic carbocycles. The normalized spacial score (nSPS) is 11.3. The van der Waals surface area contributed by atoms with Gasteiger partial charge in [0.2, 0.25) is 0 Å². The Labute approximate surface area is 86.0 Å². The maximum atomic E-state index is 10.6. The van der Waals surface area contributed by atoms with Crippen molar-refractivity contribution >= 4 is 15.8 Å². The lowest BCUT2D eigenvalue weighted by molar-refractivity contribution is -0.385. The summed E-state index contributed by atoms with van der Waals surface area (Å²) in [4.78, 5) is 13.4. The summed E-state index contributed by atoms with van der Waals surface area (Å²) in [6, 6.07) is 2.57. The summed E-state index contributed by atoms with van der Waals surface area (Å²) in [5, 5.41) is 10.3. The topological polar surface area (TPSA) is 99.4 Å². The van der Waals surface area contributed by atoms with E-state index in [1.165, 1.54) is 12.1 Å². The van der Waals surface area contributed by atoms with Gasteiger partial charge in [-0.25, -0.2) is 0 Å². The van der Waals surface area contributed by atoms with Crippen molar-refractivity contribution < 1.29 is 17.5 Å². The number of rotatable bonds is 4. The van der Waals surface area contributed by atoms with Crippen molar-refractivity contribution in [3.8, 4) is 0 Å². The molecule has 1 aromatic rings. The van der Waals surface area contributed by atoms with E-state index in [4.69, 9.17) is 0 Å². The van der Waals surface area contributed by atoms with Gasteiger partial charge in [-0.2, -0.15) is 8.42 Å². The molecule has 0 fully saturated rings. The molecule has 0 bridgehead atoms. The zero-order valence-electron chi connectivity index (χ0n) is 7.78. The molecule has 0 aliphatic rings. The Kier molecular flexibility index (Phi) is 3.32. The second kappa shape index (κ2) is 4.32. The molecular weight excluding hydrogens is 224 g/mol. The summed E-state index contributed by atoms with van der Waals surface area (Å²) >= 11 is 0. The van der Waals surface area contributed by atoms with E-state index in [1.807, 2.05) is 0 Å². The van der Waals surface area contributed by atoms with Crippen LogP contribution in [0.4, 0.5) is 5.69 Å². The van der Waals surface area contributed by atoms with E-state index >= 15 is 0 Å². The number of nitro groups is 1. The number of hydrogen-bond donors (Lipinski definition) is 0. The molecule has 0 saturated heterocycles. The molecule has 0 saturated carbocycles. The lowest BCUT2D eigenvalue weighted by atomic mass is 10.3. The van der Waals surface area contributed by atoms with E-state index in [-0.39, 0.29) is 12.3 Å². The number of pyridine rings is 1. The van der Waals surface area contributed by atoms with Gasteiger partial charge in [0.05, 0.1) is 16.9 Å². The fourth-order valence-electron chi connectivity index (χ4n) is 0.777. The molecule has 15 heavy (non-hydrogen) atoms. The summed E-state index contributed by atoms with van der Waals surface area (Å²) in [5.74, 6) is 0. The molecule has 1 heterocycles. The van der Waals surface area contributed by atoms with Gasteiger partial charge in [0, 0.05) is 6.07 Å². The molecular formula is C7H8N2O5S. The summed E-state index contributed by atoms with van der Waals surface area (Å²) in [5.41, 5.74) is 0.157. The molecule has 8 heteroatoms. The van der Waals surface area contributed by atoms with E-state index in [0.717, 1.165) is 12.5 Å². The lowest BCUT2D eigenvalue weighted by Gasteiger charge is -1.99. The van der Waals surface area contributed by atoms with Crippen LogP contribution >= 0.6 is 0 Å². The predicted octanol–water partition coefficient (Wildman–Crippen LogP) is 0.466. The van der Waals surface area contributed by atoms with E-state index in [1.54, 1.807) is 0 Å². The Morgan fingerprint density at radius 1 is 1.53 bits per heavy atom. The summed E-state index contributed by atoms with van der Waals surface area (Å²) < 4.78 is 25.7. The van der Waals surface area contributed by atoms with Crippen LogP contribution in [0.25, 0.3) is 0 Å². The minimum Gasteiger partial charge on any atom is -0.264 e. The van der Waals surface area contributed by atoms with Crippen LogP contribution in [0.15, 0.2) is 18.3 Å². The van der Waals surface area contributed by atoms with E-state index < -0.39 is 15.0 Å². The first-order valence-electron chi connectivity index (χ1n) is 3.82. The molecule has 1 rings (SSSR count). The molecule has 0 unspecified atom stereocenters. The van der Waals surface area contributed by atoms with Crippen molar-refractivity contribution in [2.24, 2.45) is 0 Å². The quantitative estimate of drug-likeness (QED) is 0.425. The van der Waals surface area contributed by atoms with Crippen LogP contribution in [0, 0.1) is 10.1 Å². The smallest absolute Gasteiger partial charge is 0.264 e. The van der Waals surface area contributed by atoms with Crippen molar-refractivity contribution in [2.45, 2.75) is 6.61 Å². The van der Waals surface area contributed by atoms with E-state index in [2.05, 4.69) is 9.17 Å². The first-order chi connectivity index (χ1) is 6.88. The highest BCUT2D eigenvalue weighted by Crippen LogP contribution is 2.09. The van der Waals surface area contributed by atoms with Crippen molar-refractivity contribution in [1.82, 2.24) is 4.98 Å². The third-order valence-corrected chi connectivity index (χ3v) is 1.99. The molecule has 1 aromatic heterocycles. The average molecular weight is 232 g/mol. The minimum absolute atomic E-state index is 0.155. The fourth-order valence-corrected chi connectivity index (χ4v) is 1.11. The SMILES string of the molecule is CS(=O)(=O)OCc1ccc([N+](=O)[O-])cn1. The van der Waals surface area contributed by atoms with Crippen LogP contribution in [0.1, 0.15) is 5.69 Å². The Morgan fingerprint density at radius 2 is 2.20 bits per heavy atom. The first-order valence-corrected chi connectivity index (χ1v) is 5.64. The Hall–Kier alpha value is -1.54. The molecule has 0 aromatic carbocycles. The van der Waals surface area contributed by atoms with Crippen molar-refractivity contribution in [1.29, 1.82) is 0 Å². The Balaban J connectivity index is 2.69. The van der Waals surface area contributed by atoms with Gasteiger partial charge >= 0.3 is 0 Å². The number of nitrogens with zero attached hydrogens (tertiary/aromatic N) is 2. The summed E-state index contributed by atoms with van der Waals surface area (Å²) in [6.45, 7) is -0.225. The molecule has 0 spiro atoms. The lowest BCUT2D eigenvalue weighted by Crippen LogP contribution is -2.04. The van der Waals surface area contributed by atoms with Gasteiger partial charge in [0.15, 0.2) is 0 Å². The fraction of sp³-hybridized carbons (Fsp3) is 0.286. The molecule has 0 amide bonds. The number of aromatic nitrogens is 1. The molecule has 0 aliphatic heterocycles. The van der Waals surface area contributed by atoms with Crippen molar-refractivity contribution in [3.05, 3.63) is 34.1 Å². The largest absolute Gasteiger partial charge is 0.287 e. The molecule has 7 nitrogen and oxygen atoms in total. The van der Waals surface area contributed by atoms with Crippen LogP contribution in [-0.2, 0) is 20.9 Å². The third kappa shape index (κ3) is 4.00. The number of hydrogen-bond acceptors (Lipinski definition) is 6. The zero-order valence-corrected chi connectivity index (χ0v) is 8.60. The molecule has 0 atom stereocenters. The van der Waals surface area contributed by atoms with Crippen molar-refractivity contribution in [2.75, 3.05) is 6.26 Å². The molecule has 0 radical (unpaired) electrons. The third-order valence-electron chi connectivity index (χ3n) is 1.44. The standard InChI is InChI=1S/C7H8N2O5S/c1-15(12,13)14-5-6-2-3-7(4-8-6)9(10)11/h2-4H,5H2,1H3. The Bertz CT molecular complexity index is 453. The minimum atomic E-state index is -3.52. The highest BCUT2D eigenvalue weighted by molar-refractivity contribution is 7.85. The monoisotopic (exact) mass is 232 g/mol. The van der Waals surface area contributed by atoms with Crippen LogP contribution in [0.5, 0.6) is 0 Å². The van der Waals surface area contributed by atoms with Gasteiger partial charge in [0.25, 0.3) is 15.8 Å². The maximum absolute atomic E-state index is 10.6. The zero-order chi connectivity index (χ0) is 11.5. The summed E-state index contributed by atoms with van der Waals surface area (Å²) in [7, 11) is -3.52. The second-order valence-corrected chi connectivity index (χ2v) is 4.38. The van der Waals surface area contributed by atoms with Crippen LogP contribution in [0.2, 0.25) is 0 Å². The van der Waals surface area contributed by atoms with Crippen LogP contribution in [0.3, 0.4) is 0 Å².